The van der Waals surface area contributed by atoms with Gasteiger partial charge in [-0.3, -0.25) is 9.69 Å². The summed E-state index contributed by atoms with van der Waals surface area (Å²) in [6.45, 7) is 5.06. The average molecular weight is 315 g/mol. The van der Waals surface area contributed by atoms with Crippen molar-refractivity contribution in [2.45, 2.75) is 6.54 Å². The molecule has 114 valence electrons. The second kappa shape index (κ2) is 6.95. The molecule has 0 aliphatic carbocycles. The highest BCUT2D eigenvalue weighted by atomic mass is 35.5. The van der Waals surface area contributed by atoms with Crippen molar-refractivity contribution in [3.8, 4) is 0 Å². The van der Waals surface area contributed by atoms with Gasteiger partial charge in [-0.05, 0) is 42.0 Å². The fourth-order valence-corrected chi connectivity index (χ4v) is 2.90. The lowest BCUT2D eigenvalue weighted by Crippen LogP contribution is -2.45. The molecule has 0 bridgehead atoms. The molecule has 4 heteroatoms. The number of benzene rings is 2. The molecule has 0 N–H and O–H groups in total. The van der Waals surface area contributed by atoms with E-state index in [4.69, 9.17) is 11.6 Å². The average Bonchev–Trinajstić information content (AvgIpc) is 2.58. The molecule has 1 heterocycles. The van der Waals surface area contributed by atoms with Crippen LogP contribution in [0.2, 0.25) is 5.02 Å². The number of nitrogens with zero attached hydrogens (tertiary/aromatic N) is 2. The summed E-state index contributed by atoms with van der Waals surface area (Å²) in [5.74, 6) is 0. The predicted octanol–water partition coefficient (Wildman–Crippen LogP) is 3.47. The van der Waals surface area contributed by atoms with Crippen molar-refractivity contribution in [3.05, 3.63) is 64.7 Å². The van der Waals surface area contributed by atoms with E-state index in [0.29, 0.717) is 0 Å². The zero-order valence-corrected chi connectivity index (χ0v) is 13.2. The number of hydrogen-bond acceptors (Lipinski definition) is 3. The van der Waals surface area contributed by atoms with E-state index in [1.54, 1.807) is 0 Å². The Kier molecular flexibility index (Phi) is 4.76. The van der Waals surface area contributed by atoms with Gasteiger partial charge in [-0.2, -0.15) is 0 Å². The first-order valence-corrected chi connectivity index (χ1v) is 7.89. The second-order valence-corrected chi connectivity index (χ2v) is 6.04. The number of carbonyl (C=O) groups excluding carboxylic acids is 1. The third kappa shape index (κ3) is 3.67. The van der Waals surface area contributed by atoms with E-state index in [9.17, 15) is 4.79 Å². The zero-order valence-electron chi connectivity index (χ0n) is 12.4. The SMILES string of the molecule is O=Cc1ccc(N2CCN(Cc3ccc(Cl)cc3)CC2)cc1. The van der Waals surface area contributed by atoms with Crippen molar-refractivity contribution in [2.75, 3.05) is 31.1 Å². The summed E-state index contributed by atoms with van der Waals surface area (Å²) in [7, 11) is 0. The predicted molar refractivity (Wildman–Crippen MR) is 90.8 cm³/mol. The standard InChI is InChI=1S/C18H19ClN2O/c19-17-5-1-15(2-6-17)13-20-9-11-21(12-10-20)18-7-3-16(14-22)4-8-18/h1-8,14H,9-13H2. The molecule has 3 rings (SSSR count). The van der Waals surface area contributed by atoms with Gasteiger partial charge in [0.1, 0.15) is 6.29 Å². The molecule has 22 heavy (non-hydrogen) atoms. The smallest absolute Gasteiger partial charge is 0.150 e. The van der Waals surface area contributed by atoms with Gasteiger partial charge in [-0.25, -0.2) is 0 Å². The Morgan fingerprint density at radius 1 is 0.909 bits per heavy atom. The summed E-state index contributed by atoms with van der Waals surface area (Å²) in [5.41, 5.74) is 3.22. The van der Waals surface area contributed by atoms with Crippen LogP contribution in [0, 0.1) is 0 Å². The molecule has 3 nitrogen and oxygen atoms in total. The van der Waals surface area contributed by atoms with E-state index >= 15 is 0 Å². The molecule has 0 atom stereocenters. The van der Waals surface area contributed by atoms with Gasteiger partial charge < -0.3 is 4.90 Å². The number of hydrogen-bond donors (Lipinski definition) is 0. The lowest BCUT2D eigenvalue weighted by molar-refractivity contribution is 0.112. The second-order valence-electron chi connectivity index (χ2n) is 5.60. The normalized spacial score (nSPS) is 15.8. The van der Waals surface area contributed by atoms with E-state index in [1.165, 1.54) is 11.3 Å². The maximum atomic E-state index is 10.7. The highest BCUT2D eigenvalue weighted by Crippen LogP contribution is 2.18. The van der Waals surface area contributed by atoms with Crippen LogP contribution in [0.1, 0.15) is 15.9 Å². The maximum Gasteiger partial charge on any atom is 0.150 e. The summed E-state index contributed by atoms with van der Waals surface area (Å²) in [5, 5.41) is 0.785. The van der Waals surface area contributed by atoms with Crippen molar-refractivity contribution in [1.29, 1.82) is 0 Å². The molecule has 0 spiro atoms. The van der Waals surface area contributed by atoms with Crippen LogP contribution in [0.4, 0.5) is 5.69 Å². The van der Waals surface area contributed by atoms with Gasteiger partial charge in [0.25, 0.3) is 0 Å². The Hall–Kier alpha value is -1.84. The molecule has 0 unspecified atom stereocenters. The largest absolute Gasteiger partial charge is 0.369 e. The van der Waals surface area contributed by atoms with E-state index in [2.05, 4.69) is 21.9 Å². The Bertz CT molecular complexity index is 617. The van der Waals surface area contributed by atoms with Crippen LogP contribution in [0.15, 0.2) is 48.5 Å². The van der Waals surface area contributed by atoms with Crippen LogP contribution in [-0.4, -0.2) is 37.4 Å². The first-order chi connectivity index (χ1) is 10.7. The number of carbonyl (C=O) groups is 1. The summed E-state index contributed by atoms with van der Waals surface area (Å²) in [4.78, 5) is 15.5. The Balaban J connectivity index is 1.55. The highest BCUT2D eigenvalue weighted by Gasteiger charge is 2.17. The monoisotopic (exact) mass is 314 g/mol. The van der Waals surface area contributed by atoms with Crippen molar-refractivity contribution in [3.63, 3.8) is 0 Å². The number of piperazine rings is 1. The van der Waals surface area contributed by atoms with Gasteiger partial charge in [0, 0.05) is 49.0 Å². The van der Waals surface area contributed by atoms with Gasteiger partial charge in [0.2, 0.25) is 0 Å². The maximum absolute atomic E-state index is 10.7. The molecule has 0 saturated carbocycles. The summed E-state index contributed by atoms with van der Waals surface area (Å²) in [6.07, 6.45) is 0.883. The van der Waals surface area contributed by atoms with Crippen LogP contribution in [-0.2, 0) is 6.54 Å². The van der Waals surface area contributed by atoms with Crippen molar-refractivity contribution in [1.82, 2.24) is 4.90 Å². The minimum atomic E-state index is 0.727. The van der Waals surface area contributed by atoms with Crippen LogP contribution in [0.3, 0.4) is 0 Å². The Labute approximate surface area is 136 Å². The van der Waals surface area contributed by atoms with Crippen LogP contribution in [0.5, 0.6) is 0 Å². The van der Waals surface area contributed by atoms with Gasteiger partial charge in [-0.15, -0.1) is 0 Å². The van der Waals surface area contributed by atoms with Gasteiger partial charge in [0.15, 0.2) is 0 Å². The molecular weight excluding hydrogens is 296 g/mol. The molecule has 0 radical (unpaired) electrons. The van der Waals surface area contributed by atoms with E-state index in [0.717, 1.165) is 49.6 Å². The Morgan fingerprint density at radius 2 is 1.55 bits per heavy atom. The van der Waals surface area contributed by atoms with Crippen LogP contribution < -0.4 is 4.90 Å². The molecule has 0 aromatic heterocycles. The topological polar surface area (TPSA) is 23.6 Å². The van der Waals surface area contributed by atoms with Crippen molar-refractivity contribution < 1.29 is 4.79 Å². The first-order valence-electron chi connectivity index (χ1n) is 7.51. The molecular formula is C18H19ClN2O. The van der Waals surface area contributed by atoms with Crippen molar-refractivity contribution in [2.24, 2.45) is 0 Å². The minimum absolute atomic E-state index is 0.727. The minimum Gasteiger partial charge on any atom is -0.369 e. The fraction of sp³-hybridized carbons (Fsp3) is 0.278. The van der Waals surface area contributed by atoms with Gasteiger partial charge in [0.05, 0.1) is 0 Å². The van der Waals surface area contributed by atoms with E-state index in [1.807, 2.05) is 36.4 Å². The van der Waals surface area contributed by atoms with Crippen LogP contribution >= 0.6 is 11.6 Å². The molecule has 2 aromatic carbocycles. The number of aldehydes is 1. The van der Waals surface area contributed by atoms with E-state index in [-0.39, 0.29) is 0 Å². The lowest BCUT2D eigenvalue weighted by atomic mass is 10.1. The molecule has 1 fully saturated rings. The van der Waals surface area contributed by atoms with Crippen molar-refractivity contribution >= 4 is 23.6 Å². The van der Waals surface area contributed by atoms with E-state index < -0.39 is 0 Å². The lowest BCUT2D eigenvalue weighted by Gasteiger charge is -2.36. The summed E-state index contributed by atoms with van der Waals surface area (Å²) in [6, 6.07) is 15.9. The first kappa shape index (κ1) is 15.1. The summed E-state index contributed by atoms with van der Waals surface area (Å²) < 4.78 is 0. The third-order valence-electron chi connectivity index (χ3n) is 4.09. The van der Waals surface area contributed by atoms with Gasteiger partial charge >= 0.3 is 0 Å². The van der Waals surface area contributed by atoms with Gasteiger partial charge in [-0.1, -0.05) is 23.7 Å². The fourth-order valence-electron chi connectivity index (χ4n) is 2.78. The zero-order chi connectivity index (χ0) is 15.4. The quantitative estimate of drug-likeness (QED) is 0.807. The Morgan fingerprint density at radius 3 is 2.14 bits per heavy atom. The molecule has 1 aliphatic rings. The molecule has 1 saturated heterocycles. The molecule has 0 amide bonds. The molecule has 2 aromatic rings. The number of halogens is 1. The summed E-state index contributed by atoms with van der Waals surface area (Å²) >= 11 is 5.92. The number of rotatable bonds is 4. The highest BCUT2D eigenvalue weighted by molar-refractivity contribution is 6.30. The molecule has 1 aliphatic heterocycles. The third-order valence-corrected chi connectivity index (χ3v) is 4.34. The van der Waals surface area contributed by atoms with Crippen LogP contribution in [0.25, 0.3) is 0 Å². The number of anilines is 1.